The van der Waals surface area contributed by atoms with Crippen LogP contribution in [0.2, 0.25) is 0 Å². The summed E-state index contributed by atoms with van der Waals surface area (Å²) in [5, 5.41) is 17.6. The number of aryl methyl sites for hydroxylation is 2. The molecule has 1 aromatic heterocycles. The standard InChI is InChI=1S/C14H16N4O3/c1-9-13(10(2)17(3)16-9)8-15-14(19)11-4-6-12(7-5-11)18(20)21/h4-7H,8H2,1-3H3,(H,15,19). The van der Waals surface area contributed by atoms with Gasteiger partial charge in [0.1, 0.15) is 0 Å². The molecule has 1 N–H and O–H groups in total. The fourth-order valence-electron chi connectivity index (χ4n) is 2.08. The van der Waals surface area contributed by atoms with Crippen molar-refractivity contribution in [1.82, 2.24) is 15.1 Å². The van der Waals surface area contributed by atoms with Crippen molar-refractivity contribution in [3.05, 3.63) is 56.9 Å². The number of non-ortho nitro benzene ring substituents is 1. The number of benzene rings is 1. The van der Waals surface area contributed by atoms with Crippen molar-refractivity contribution in [2.45, 2.75) is 20.4 Å². The molecule has 0 bridgehead atoms. The van der Waals surface area contributed by atoms with Crippen LogP contribution in [-0.2, 0) is 13.6 Å². The first-order valence-electron chi connectivity index (χ1n) is 6.42. The molecule has 0 unspecified atom stereocenters. The molecule has 2 aromatic rings. The average molecular weight is 288 g/mol. The van der Waals surface area contributed by atoms with Crippen LogP contribution < -0.4 is 5.32 Å². The van der Waals surface area contributed by atoms with Crippen LogP contribution in [0.4, 0.5) is 5.69 Å². The van der Waals surface area contributed by atoms with E-state index in [1.807, 2.05) is 20.9 Å². The Labute approximate surface area is 121 Å². The molecular formula is C14H16N4O3. The van der Waals surface area contributed by atoms with Gasteiger partial charge in [-0.05, 0) is 26.0 Å². The molecule has 2 rings (SSSR count). The molecule has 1 amide bonds. The summed E-state index contributed by atoms with van der Waals surface area (Å²) in [6, 6.07) is 5.51. The molecule has 0 fully saturated rings. The lowest BCUT2D eigenvalue weighted by Crippen LogP contribution is -2.23. The number of nitro benzene ring substituents is 1. The number of carbonyl (C=O) groups excluding carboxylic acids is 1. The van der Waals surface area contributed by atoms with Crippen molar-refractivity contribution < 1.29 is 9.72 Å². The summed E-state index contributed by atoms with van der Waals surface area (Å²) in [7, 11) is 1.85. The number of rotatable bonds is 4. The SMILES string of the molecule is Cc1nn(C)c(C)c1CNC(=O)c1ccc([N+](=O)[O-])cc1. The van der Waals surface area contributed by atoms with E-state index in [-0.39, 0.29) is 11.6 Å². The molecule has 0 aliphatic heterocycles. The zero-order valence-electron chi connectivity index (χ0n) is 12.1. The van der Waals surface area contributed by atoms with Gasteiger partial charge in [0, 0.05) is 42.5 Å². The Morgan fingerprint density at radius 2 is 1.95 bits per heavy atom. The van der Waals surface area contributed by atoms with E-state index in [1.165, 1.54) is 24.3 Å². The van der Waals surface area contributed by atoms with Crippen LogP contribution in [0.25, 0.3) is 0 Å². The zero-order chi connectivity index (χ0) is 15.6. The molecule has 0 saturated carbocycles. The number of nitro groups is 1. The monoisotopic (exact) mass is 288 g/mol. The van der Waals surface area contributed by atoms with E-state index in [0.29, 0.717) is 12.1 Å². The fourth-order valence-corrected chi connectivity index (χ4v) is 2.08. The zero-order valence-corrected chi connectivity index (χ0v) is 12.1. The lowest BCUT2D eigenvalue weighted by molar-refractivity contribution is -0.384. The van der Waals surface area contributed by atoms with E-state index in [1.54, 1.807) is 4.68 Å². The van der Waals surface area contributed by atoms with Crippen LogP contribution in [0, 0.1) is 24.0 Å². The Balaban J connectivity index is 2.06. The predicted molar refractivity (Wildman–Crippen MR) is 76.9 cm³/mol. The highest BCUT2D eigenvalue weighted by Gasteiger charge is 2.12. The first-order valence-corrected chi connectivity index (χ1v) is 6.42. The van der Waals surface area contributed by atoms with Gasteiger partial charge in [0.15, 0.2) is 0 Å². The highest BCUT2D eigenvalue weighted by Crippen LogP contribution is 2.13. The molecule has 7 heteroatoms. The number of aromatic nitrogens is 2. The van der Waals surface area contributed by atoms with E-state index in [0.717, 1.165) is 17.0 Å². The van der Waals surface area contributed by atoms with E-state index in [2.05, 4.69) is 10.4 Å². The van der Waals surface area contributed by atoms with E-state index < -0.39 is 4.92 Å². The summed E-state index contributed by atoms with van der Waals surface area (Å²) in [6.45, 7) is 4.20. The average Bonchev–Trinajstić information content (AvgIpc) is 2.70. The molecule has 1 aromatic carbocycles. The molecule has 7 nitrogen and oxygen atoms in total. The number of hydrogen-bond acceptors (Lipinski definition) is 4. The van der Waals surface area contributed by atoms with Gasteiger partial charge in [-0.1, -0.05) is 0 Å². The van der Waals surface area contributed by atoms with Gasteiger partial charge >= 0.3 is 0 Å². The maximum atomic E-state index is 12.0. The van der Waals surface area contributed by atoms with Gasteiger partial charge in [0.2, 0.25) is 0 Å². The van der Waals surface area contributed by atoms with Crippen LogP contribution in [0.1, 0.15) is 27.3 Å². The van der Waals surface area contributed by atoms with Crippen LogP contribution in [-0.4, -0.2) is 20.6 Å². The molecule has 0 atom stereocenters. The first-order chi connectivity index (χ1) is 9.90. The molecule has 0 aliphatic rings. The minimum absolute atomic E-state index is 0.0366. The van der Waals surface area contributed by atoms with Crippen molar-refractivity contribution in [2.24, 2.45) is 7.05 Å². The summed E-state index contributed by atoms with van der Waals surface area (Å²) in [5.41, 5.74) is 3.20. The maximum absolute atomic E-state index is 12.0. The molecule has 0 radical (unpaired) electrons. The maximum Gasteiger partial charge on any atom is 0.269 e. The smallest absolute Gasteiger partial charge is 0.269 e. The Hall–Kier alpha value is -2.70. The third-order valence-electron chi connectivity index (χ3n) is 3.42. The predicted octanol–water partition coefficient (Wildman–Crippen LogP) is 1.88. The lowest BCUT2D eigenvalue weighted by atomic mass is 10.1. The number of hydrogen-bond donors (Lipinski definition) is 1. The second-order valence-electron chi connectivity index (χ2n) is 4.76. The van der Waals surface area contributed by atoms with Gasteiger partial charge in [-0.25, -0.2) is 0 Å². The fraction of sp³-hybridized carbons (Fsp3) is 0.286. The van der Waals surface area contributed by atoms with E-state index in [4.69, 9.17) is 0 Å². The van der Waals surface area contributed by atoms with Gasteiger partial charge in [-0.2, -0.15) is 5.10 Å². The Kier molecular flexibility index (Phi) is 4.02. The van der Waals surface area contributed by atoms with Crippen LogP contribution in [0.3, 0.4) is 0 Å². The number of nitrogens with one attached hydrogen (secondary N) is 1. The Morgan fingerprint density at radius 1 is 1.33 bits per heavy atom. The van der Waals surface area contributed by atoms with E-state index >= 15 is 0 Å². The van der Waals surface area contributed by atoms with Crippen LogP contribution >= 0.6 is 0 Å². The highest BCUT2D eigenvalue weighted by molar-refractivity contribution is 5.94. The lowest BCUT2D eigenvalue weighted by Gasteiger charge is -2.06. The molecular weight excluding hydrogens is 272 g/mol. The topological polar surface area (TPSA) is 90.1 Å². The van der Waals surface area contributed by atoms with Gasteiger partial charge in [-0.15, -0.1) is 0 Å². The number of nitrogens with zero attached hydrogens (tertiary/aromatic N) is 3. The summed E-state index contributed by atoms with van der Waals surface area (Å²) >= 11 is 0. The van der Waals surface area contributed by atoms with E-state index in [9.17, 15) is 14.9 Å². The van der Waals surface area contributed by atoms with Gasteiger partial charge in [-0.3, -0.25) is 19.6 Å². The molecule has 110 valence electrons. The largest absolute Gasteiger partial charge is 0.348 e. The summed E-state index contributed by atoms with van der Waals surface area (Å²) in [5.74, 6) is -0.271. The van der Waals surface area contributed by atoms with Crippen LogP contribution in [0.5, 0.6) is 0 Å². The highest BCUT2D eigenvalue weighted by atomic mass is 16.6. The molecule has 1 heterocycles. The minimum atomic E-state index is -0.496. The van der Waals surface area contributed by atoms with Crippen molar-refractivity contribution >= 4 is 11.6 Å². The summed E-state index contributed by atoms with van der Waals surface area (Å²) < 4.78 is 1.77. The second-order valence-corrected chi connectivity index (χ2v) is 4.76. The quantitative estimate of drug-likeness (QED) is 0.687. The molecule has 0 saturated heterocycles. The summed E-state index contributed by atoms with van der Waals surface area (Å²) in [6.07, 6.45) is 0. The van der Waals surface area contributed by atoms with Crippen molar-refractivity contribution in [3.8, 4) is 0 Å². The molecule has 0 spiro atoms. The number of carbonyl (C=O) groups is 1. The third kappa shape index (κ3) is 3.07. The number of amides is 1. The van der Waals surface area contributed by atoms with Gasteiger partial charge in [0.25, 0.3) is 11.6 Å². The second kappa shape index (κ2) is 5.74. The van der Waals surface area contributed by atoms with Crippen molar-refractivity contribution in [2.75, 3.05) is 0 Å². The normalized spacial score (nSPS) is 10.4. The van der Waals surface area contributed by atoms with Gasteiger partial charge < -0.3 is 5.32 Å². The third-order valence-corrected chi connectivity index (χ3v) is 3.42. The van der Waals surface area contributed by atoms with Crippen molar-refractivity contribution in [3.63, 3.8) is 0 Å². The first kappa shape index (κ1) is 14.7. The van der Waals surface area contributed by atoms with Crippen LogP contribution in [0.15, 0.2) is 24.3 Å². The Bertz CT molecular complexity index is 689. The molecule has 21 heavy (non-hydrogen) atoms. The minimum Gasteiger partial charge on any atom is -0.348 e. The Morgan fingerprint density at radius 3 is 2.43 bits per heavy atom. The van der Waals surface area contributed by atoms with Gasteiger partial charge in [0.05, 0.1) is 10.6 Å². The van der Waals surface area contributed by atoms with Crippen molar-refractivity contribution in [1.29, 1.82) is 0 Å². The summed E-state index contributed by atoms with van der Waals surface area (Å²) in [4.78, 5) is 22.1. The molecule has 0 aliphatic carbocycles.